The van der Waals surface area contributed by atoms with Crippen molar-refractivity contribution in [3.05, 3.63) is 65.2 Å². The van der Waals surface area contributed by atoms with Gasteiger partial charge in [0.2, 0.25) is 5.91 Å². The summed E-state index contributed by atoms with van der Waals surface area (Å²) in [5.74, 6) is -2.61. The van der Waals surface area contributed by atoms with Crippen molar-refractivity contribution >= 4 is 40.0 Å². The zero-order valence-corrected chi connectivity index (χ0v) is 18.4. The van der Waals surface area contributed by atoms with E-state index in [0.717, 1.165) is 16.4 Å². The predicted octanol–water partition coefficient (Wildman–Crippen LogP) is 4.99. The van der Waals surface area contributed by atoms with Gasteiger partial charge in [-0.3, -0.25) is 9.78 Å². The Bertz CT molecular complexity index is 1270. The molecule has 2 aliphatic rings. The lowest BCUT2D eigenvalue weighted by Gasteiger charge is -2.43. The Hall–Kier alpha value is -3.26. The first-order valence-corrected chi connectivity index (χ1v) is 10.9. The second kappa shape index (κ2) is 8.26. The van der Waals surface area contributed by atoms with Crippen LogP contribution < -0.4 is 15.0 Å². The van der Waals surface area contributed by atoms with Crippen LogP contribution in [-0.2, 0) is 4.79 Å². The Morgan fingerprint density at radius 2 is 1.94 bits per heavy atom. The maximum absolute atomic E-state index is 15.4. The van der Waals surface area contributed by atoms with Crippen LogP contribution in [0.4, 0.5) is 19.3 Å². The number of alkyl halides is 1. The lowest BCUT2D eigenvalue weighted by Crippen LogP contribution is -2.62. The van der Waals surface area contributed by atoms with E-state index in [0.29, 0.717) is 16.6 Å². The van der Waals surface area contributed by atoms with Gasteiger partial charge in [0.25, 0.3) is 0 Å². The molecule has 0 bridgehead atoms. The Labute approximate surface area is 193 Å². The quantitative estimate of drug-likeness (QED) is 0.584. The van der Waals surface area contributed by atoms with Gasteiger partial charge in [0.05, 0.1) is 24.9 Å². The summed E-state index contributed by atoms with van der Waals surface area (Å²) in [5, 5.41) is 4.43. The number of methoxy groups -OCH3 is 1. The molecule has 2 fully saturated rings. The van der Waals surface area contributed by atoms with Gasteiger partial charge in [-0.1, -0.05) is 35.9 Å². The monoisotopic (exact) mass is 471 g/mol. The van der Waals surface area contributed by atoms with Gasteiger partial charge in [-0.2, -0.15) is 0 Å². The normalized spacial score (nSPS) is 25.0. The smallest absolute Gasteiger partial charge is 0.329 e. The molecular weight excluding hydrogens is 452 g/mol. The van der Waals surface area contributed by atoms with Crippen molar-refractivity contribution in [3.63, 3.8) is 0 Å². The predicted molar refractivity (Wildman–Crippen MR) is 120 cm³/mol. The second-order valence-corrected chi connectivity index (χ2v) is 8.73. The number of aromatic nitrogens is 1. The van der Waals surface area contributed by atoms with Gasteiger partial charge in [0, 0.05) is 34.0 Å². The Morgan fingerprint density at radius 1 is 1.15 bits per heavy atom. The Morgan fingerprint density at radius 3 is 2.73 bits per heavy atom. The molecule has 5 rings (SSSR count). The molecule has 2 aromatic carbocycles. The number of carbonyl (C=O) groups is 2. The minimum atomic E-state index is -1.41. The minimum absolute atomic E-state index is 0.0397. The molecule has 170 valence electrons. The van der Waals surface area contributed by atoms with Gasteiger partial charge >= 0.3 is 6.03 Å². The number of amides is 3. The van der Waals surface area contributed by atoms with E-state index >= 15 is 4.39 Å². The van der Waals surface area contributed by atoms with Gasteiger partial charge in [-0.25, -0.2) is 18.5 Å². The number of ether oxygens (including phenoxy) is 1. The number of pyridine rings is 1. The van der Waals surface area contributed by atoms with Crippen LogP contribution >= 0.6 is 11.6 Å². The van der Waals surface area contributed by atoms with Gasteiger partial charge in [0.15, 0.2) is 11.6 Å². The van der Waals surface area contributed by atoms with Gasteiger partial charge in [0.1, 0.15) is 6.17 Å². The van der Waals surface area contributed by atoms with Gasteiger partial charge in [-0.15, -0.1) is 0 Å². The molecule has 3 aromatic rings. The number of hydrogen-bond donors (Lipinski definition) is 1. The molecule has 1 aliphatic carbocycles. The molecule has 1 aliphatic heterocycles. The third-order valence-electron chi connectivity index (χ3n) is 6.52. The molecular formula is C24H20ClF2N3O3. The summed E-state index contributed by atoms with van der Waals surface area (Å²) < 4.78 is 34.4. The first kappa shape index (κ1) is 21.6. The van der Waals surface area contributed by atoms with E-state index in [9.17, 15) is 14.0 Å². The lowest BCUT2D eigenvalue weighted by molar-refractivity contribution is -0.125. The maximum Gasteiger partial charge on any atom is 0.329 e. The van der Waals surface area contributed by atoms with Crippen molar-refractivity contribution in [2.45, 2.75) is 31.0 Å². The summed E-state index contributed by atoms with van der Waals surface area (Å²) in [4.78, 5) is 31.6. The van der Waals surface area contributed by atoms with Crippen LogP contribution in [-0.4, -0.2) is 36.2 Å². The van der Waals surface area contributed by atoms with Crippen molar-refractivity contribution in [1.29, 1.82) is 0 Å². The molecule has 1 saturated carbocycles. The molecule has 4 unspecified atom stereocenters. The number of halogens is 3. The molecule has 1 aromatic heterocycles. The van der Waals surface area contributed by atoms with Crippen molar-refractivity contribution in [2.75, 3.05) is 12.0 Å². The SMILES string of the molecule is COc1cc(C2CC3NC(=O)N(c4cncc5ccccc45)C(=O)C3CC2F)c(Cl)cc1F. The summed E-state index contributed by atoms with van der Waals surface area (Å²) in [6.45, 7) is 0. The van der Waals surface area contributed by atoms with Crippen LogP contribution in [0, 0.1) is 11.7 Å². The van der Waals surface area contributed by atoms with Crippen molar-refractivity contribution in [1.82, 2.24) is 10.3 Å². The van der Waals surface area contributed by atoms with Crippen LogP contribution in [0.3, 0.4) is 0 Å². The summed E-state index contributed by atoms with van der Waals surface area (Å²) in [5.41, 5.74) is 0.751. The number of nitrogens with zero attached hydrogens (tertiary/aromatic N) is 2. The fraction of sp³-hybridized carbons (Fsp3) is 0.292. The highest BCUT2D eigenvalue weighted by molar-refractivity contribution is 6.31. The highest BCUT2D eigenvalue weighted by atomic mass is 35.5. The maximum atomic E-state index is 15.4. The molecule has 3 amide bonds. The highest BCUT2D eigenvalue weighted by Gasteiger charge is 2.49. The minimum Gasteiger partial charge on any atom is -0.494 e. The van der Waals surface area contributed by atoms with Crippen LogP contribution in [0.1, 0.15) is 24.3 Å². The molecule has 6 nitrogen and oxygen atoms in total. The number of nitrogens with one attached hydrogen (secondary N) is 1. The van der Waals surface area contributed by atoms with Crippen LogP contribution in [0.2, 0.25) is 5.02 Å². The van der Waals surface area contributed by atoms with Crippen LogP contribution in [0.25, 0.3) is 10.8 Å². The number of rotatable bonds is 3. The standard InChI is InChI=1S/C24H20ClF2N3O3/c1-33-22-8-14(17(25)9-19(22)27)15-7-20-16(6-18(15)26)23(31)30(24(32)29-20)21-11-28-10-12-4-2-3-5-13(12)21/h2-5,8-11,15-16,18,20H,6-7H2,1H3,(H,29,32). The van der Waals surface area contributed by atoms with Crippen molar-refractivity contribution < 1.29 is 23.1 Å². The number of hydrogen-bond acceptors (Lipinski definition) is 4. The first-order chi connectivity index (χ1) is 15.9. The molecule has 1 N–H and O–H groups in total. The van der Waals surface area contributed by atoms with E-state index < -0.39 is 41.8 Å². The van der Waals surface area contributed by atoms with E-state index in [2.05, 4.69) is 10.3 Å². The molecule has 4 atom stereocenters. The fourth-order valence-electron chi connectivity index (χ4n) is 4.89. The first-order valence-electron chi connectivity index (χ1n) is 10.5. The van der Waals surface area contributed by atoms with Crippen LogP contribution in [0.5, 0.6) is 5.75 Å². The lowest BCUT2D eigenvalue weighted by atomic mass is 9.73. The van der Waals surface area contributed by atoms with E-state index in [1.807, 2.05) is 18.2 Å². The summed E-state index contributed by atoms with van der Waals surface area (Å²) in [6.07, 6.45) is 1.75. The molecule has 2 heterocycles. The molecule has 0 radical (unpaired) electrons. The fourth-order valence-corrected chi connectivity index (χ4v) is 5.18. The third-order valence-corrected chi connectivity index (χ3v) is 6.84. The molecule has 0 spiro atoms. The Kier molecular flexibility index (Phi) is 5.40. The molecule has 33 heavy (non-hydrogen) atoms. The van der Waals surface area contributed by atoms with Crippen molar-refractivity contribution in [3.8, 4) is 5.75 Å². The Balaban J connectivity index is 1.46. The van der Waals surface area contributed by atoms with Gasteiger partial charge in [-0.05, 0) is 30.5 Å². The molecule has 9 heteroatoms. The zero-order valence-electron chi connectivity index (χ0n) is 17.6. The van der Waals surface area contributed by atoms with Crippen LogP contribution in [0.15, 0.2) is 48.8 Å². The third kappa shape index (κ3) is 3.58. The number of imide groups is 1. The molecule has 1 saturated heterocycles. The number of carbonyl (C=O) groups excluding carboxylic acids is 2. The largest absolute Gasteiger partial charge is 0.494 e. The topological polar surface area (TPSA) is 71.5 Å². The van der Waals surface area contributed by atoms with Crippen molar-refractivity contribution in [2.24, 2.45) is 5.92 Å². The van der Waals surface area contributed by atoms with Gasteiger partial charge < -0.3 is 10.1 Å². The average molecular weight is 472 g/mol. The number of benzene rings is 2. The summed E-state index contributed by atoms with van der Waals surface area (Å²) >= 11 is 6.22. The second-order valence-electron chi connectivity index (χ2n) is 8.32. The van der Waals surface area contributed by atoms with E-state index in [1.165, 1.54) is 19.4 Å². The van der Waals surface area contributed by atoms with E-state index in [-0.39, 0.29) is 23.6 Å². The summed E-state index contributed by atoms with van der Waals surface area (Å²) in [6, 6.07) is 8.61. The number of urea groups is 1. The zero-order chi connectivity index (χ0) is 23.3. The summed E-state index contributed by atoms with van der Waals surface area (Å²) in [7, 11) is 1.32. The average Bonchev–Trinajstić information content (AvgIpc) is 2.80. The number of anilines is 1. The van der Waals surface area contributed by atoms with E-state index in [1.54, 1.807) is 12.3 Å². The highest BCUT2D eigenvalue weighted by Crippen LogP contribution is 2.44. The van der Waals surface area contributed by atoms with E-state index in [4.69, 9.17) is 16.3 Å². The number of fused-ring (bicyclic) bond motifs is 2.